The molecule has 0 aliphatic heterocycles. The Morgan fingerprint density at radius 2 is 2.00 bits per heavy atom. The largest absolute Gasteiger partial charge is 0.355 e. The number of rotatable bonds is 3. The molecule has 4 nitrogen and oxygen atoms in total. The first-order valence-corrected chi connectivity index (χ1v) is 8.09. The van der Waals surface area contributed by atoms with Crippen molar-refractivity contribution < 1.29 is 9.59 Å². The maximum atomic E-state index is 12.2. The van der Waals surface area contributed by atoms with Crippen LogP contribution < -0.4 is 10.6 Å². The standard InChI is InChI=1S/C15H20N2O2S/c1-8-3-6-10-11(7-8)20-15(12(10)14(19)16-2)17-13(18)9-4-5-9/h8-9H,3-7H2,1-2H3,(H,16,19)(H,17,18). The van der Waals surface area contributed by atoms with Gasteiger partial charge < -0.3 is 10.6 Å². The zero-order chi connectivity index (χ0) is 14.3. The van der Waals surface area contributed by atoms with E-state index in [2.05, 4.69) is 17.6 Å². The Hall–Kier alpha value is -1.36. The van der Waals surface area contributed by atoms with Crippen LogP contribution in [0.1, 0.15) is 47.0 Å². The predicted octanol–water partition coefficient (Wildman–Crippen LogP) is 2.58. The van der Waals surface area contributed by atoms with E-state index in [0.29, 0.717) is 11.5 Å². The van der Waals surface area contributed by atoms with E-state index in [1.165, 1.54) is 4.88 Å². The molecule has 0 bridgehead atoms. The van der Waals surface area contributed by atoms with Crippen LogP contribution in [0.3, 0.4) is 0 Å². The molecule has 1 aromatic heterocycles. The van der Waals surface area contributed by atoms with Crippen LogP contribution in [0.5, 0.6) is 0 Å². The third kappa shape index (κ3) is 2.46. The van der Waals surface area contributed by atoms with E-state index < -0.39 is 0 Å². The Morgan fingerprint density at radius 3 is 2.65 bits per heavy atom. The van der Waals surface area contributed by atoms with Crippen molar-refractivity contribution in [3.63, 3.8) is 0 Å². The summed E-state index contributed by atoms with van der Waals surface area (Å²) in [5, 5.41) is 6.43. The molecule has 1 saturated carbocycles. The second-order valence-corrected chi connectivity index (χ2v) is 7.00. The summed E-state index contributed by atoms with van der Waals surface area (Å²) >= 11 is 1.59. The lowest BCUT2D eigenvalue weighted by molar-refractivity contribution is -0.117. The van der Waals surface area contributed by atoms with Crippen LogP contribution in [-0.4, -0.2) is 18.9 Å². The minimum Gasteiger partial charge on any atom is -0.355 e. The molecule has 0 radical (unpaired) electrons. The molecule has 1 heterocycles. The van der Waals surface area contributed by atoms with Crippen molar-refractivity contribution in [3.05, 3.63) is 16.0 Å². The summed E-state index contributed by atoms with van der Waals surface area (Å²) < 4.78 is 0. The van der Waals surface area contributed by atoms with Crippen molar-refractivity contribution in [2.75, 3.05) is 12.4 Å². The van der Waals surface area contributed by atoms with Crippen molar-refractivity contribution >= 4 is 28.2 Å². The number of thiophene rings is 1. The van der Waals surface area contributed by atoms with E-state index in [9.17, 15) is 9.59 Å². The summed E-state index contributed by atoms with van der Waals surface area (Å²) in [7, 11) is 1.64. The highest BCUT2D eigenvalue weighted by Gasteiger charge is 2.33. The van der Waals surface area contributed by atoms with Gasteiger partial charge in [0.25, 0.3) is 5.91 Å². The van der Waals surface area contributed by atoms with E-state index in [0.717, 1.165) is 42.7 Å². The summed E-state index contributed by atoms with van der Waals surface area (Å²) in [6.45, 7) is 2.24. The topological polar surface area (TPSA) is 58.2 Å². The van der Waals surface area contributed by atoms with E-state index >= 15 is 0 Å². The number of nitrogens with one attached hydrogen (secondary N) is 2. The third-order valence-corrected chi connectivity index (χ3v) is 5.32. The number of amides is 2. The van der Waals surface area contributed by atoms with Gasteiger partial charge in [0.1, 0.15) is 5.00 Å². The Labute approximate surface area is 122 Å². The number of carbonyl (C=O) groups excluding carboxylic acids is 2. The highest BCUT2D eigenvalue weighted by Crippen LogP contribution is 2.40. The molecule has 1 aromatic rings. The smallest absolute Gasteiger partial charge is 0.254 e. The van der Waals surface area contributed by atoms with Gasteiger partial charge in [-0.05, 0) is 43.6 Å². The van der Waals surface area contributed by atoms with Crippen LogP contribution in [0.4, 0.5) is 5.00 Å². The fourth-order valence-electron chi connectivity index (χ4n) is 2.76. The Balaban J connectivity index is 1.94. The van der Waals surface area contributed by atoms with E-state index in [-0.39, 0.29) is 17.7 Å². The van der Waals surface area contributed by atoms with Crippen LogP contribution in [0, 0.1) is 11.8 Å². The molecule has 3 rings (SSSR count). The lowest BCUT2D eigenvalue weighted by atomic mass is 9.88. The fourth-order valence-corrected chi connectivity index (χ4v) is 4.17. The van der Waals surface area contributed by atoms with Gasteiger partial charge in [-0.3, -0.25) is 9.59 Å². The van der Waals surface area contributed by atoms with Gasteiger partial charge in [0, 0.05) is 17.8 Å². The minimum absolute atomic E-state index is 0.0711. The molecule has 2 aliphatic rings. The molecule has 0 spiro atoms. The monoisotopic (exact) mass is 292 g/mol. The summed E-state index contributed by atoms with van der Waals surface area (Å²) in [5.74, 6) is 0.807. The lowest BCUT2D eigenvalue weighted by Crippen LogP contribution is -2.23. The van der Waals surface area contributed by atoms with Crippen molar-refractivity contribution in [2.24, 2.45) is 11.8 Å². The molecule has 20 heavy (non-hydrogen) atoms. The van der Waals surface area contributed by atoms with E-state index in [1.54, 1.807) is 18.4 Å². The average Bonchev–Trinajstić information content (AvgIpc) is 3.20. The third-order valence-electron chi connectivity index (χ3n) is 4.15. The van der Waals surface area contributed by atoms with Crippen molar-refractivity contribution in [1.82, 2.24) is 5.32 Å². The van der Waals surface area contributed by atoms with Gasteiger partial charge in [0.15, 0.2) is 0 Å². The Bertz CT molecular complexity index is 560. The quantitative estimate of drug-likeness (QED) is 0.899. The predicted molar refractivity (Wildman–Crippen MR) is 80.3 cm³/mol. The molecule has 1 atom stereocenters. The molecule has 0 aromatic carbocycles. The average molecular weight is 292 g/mol. The van der Waals surface area contributed by atoms with Crippen molar-refractivity contribution in [1.29, 1.82) is 0 Å². The minimum atomic E-state index is -0.0804. The van der Waals surface area contributed by atoms with Crippen LogP contribution in [0.25, 0.3) is 0 Å². The highest BCUT2D eigenvalue weighted by molar-refractivity contribution is 7.17. The second kappa shape index (κ2) is 5.20. The molecular weight excluding hydrogens is 272 g/mol. The SMILES string of the molecule is CNC(=O)c1c(NC(=O)C2CC2)sc2c1CCC(C)C2. The van der Waals surface area contributed by atoms with Crippen molar-refractivity contribution in [3.8, 4) is 0 Å². The Kier molecular flexibility index (Phi) is 3.54. The first-order valence-electron chi connectivity index (χ1n) is 7.27. The molecular formula is C15H20N2O2S. The van der Waals surface area contributed by atoms with Gasteiger partial charge in [-0.2, -0.15) is 0 Å². The molecule has 1 unspecified atom stereocenters. The lowest BCUT2D eigenvalue weighted by Gasteiger charge is -2.18. The summed E-state index contributed by atoms with van der Waals surface area (Å²) in [5.41, 5.74) is 1.85. The molecule has 2 amide bonds. The molecule has 108 valence electrons. The van der Waals surface area contributed by atoms with Crippen molar-refractivity contribution in [2.45, 2.75) is 39.0 Å². The van der Waals surface area contributed by atoms with Gasteiger partial charge >= 0.3 is 0 Å². The van der Waals surface area contributed by atoms with Gasteiger partial charge in [0.05, 0.1) is 5.56 Å². The molecule has 1 fully saturated rings. The first kappa shape index (κ1) is 13.6. The van der Waals surface area contributed by atoms with Crippen LogP contribution in [-0.2, 0) is 17.6 Å². The number of carbonyl (C=O) groups is 2. The second-order valence-electron chi connectivity index (χ2n) is 5.90. The molecule has 2 aliphatic carbocycles. The van der Waals surface area contributed by atoms with Crippen LogP contribution in [0.2, 0.25) is 0 Å². The first-order chi connectivity index (χ1) is 9.60. The number of fused-ring (bicyclic) bond motifs is 1. The van der Waals surface area contributed by atoms with Gasteiger partial charge in [-0.15, -0.1) is 11.3 Å². The summed E-state index contributed by atoms with van der Waals surface area (Å²) in [6, 6.07) is 0. The van der Waals surface area contributed by atoms with Crippen LogP contribution in [0.15, 0.2) is 0 Å². The zero-order valence-electron chi connectivity index (χ0n) is 11.9. The number of hydrogen-bond donors (Lipinski definition) is 2. The molecule has 0 saturated heterocycles. The fraction of sp³-hybridized carbons (Fsp3) is 0.600. The maximum Gasteiger partial charge on any atom is 0.254 e. The van der Waals surface area contributed by atoms with Gasteiger partial charge in [0.2, 0.25) is 5.91 Å². The molecule has 2 N–H and O–H groups in total. The summed E-state index contributed by atoms with van der Waals surface area (Å²) in [4.78, 5) is 25.4. The number of hydrogen-bond acceptors (Lipinski definition) is 3. The summed E-state index contributed by atoms with van der Waals surface area (Å²) in [6.07, 6.45) is 5.02. The van der Waals surface area contributed by atoms with Crippen LogP contribution >= 0.6 is 11.3 Å². The zero-order valence-corrected chi connectivity index (χ0v) is 12.7. The van der Waals surface area contributed by atoms with Gasteiger partial charge in [-0.25, -0.2) is 0 Å². The normalized spacial score (nSPS) is 21.2. The van der Waals surface area contributed by atoms with E-state index in [1.807, 2.05) is 0 Å². The Morgan fingerprint density at radius 1 is 1.25 bits per heavy atom. The maximum absolute atomic E-state index is 12.2. The van der Waals surface area contributed by atoms with E-state index in [4.69, 9.17) is 0 Å². The number of anilines is 1. The van der Waals surface area contributed by atoms with Gasteiger partial charge in [-0.1, -0.05) is 6.92 Å². The molecule has 5 heteroatoms. The highest BCUT2D eigenvalue weighted by atomic mass is 32.1.